The van der Waals surface area contributed by atoms with Crippen LogP contribution < -0.4 is 0 Å². The minimum Gasteiger partial charge on any atom is -0.226 e. The van der Waals surface area contributed by atoms with Gasteiger partial charge >= 0.3 is 0 Å². The molecule has 120 valence electrons. The van der Waals surface area contributed by atoms with Crippen molar-refractivity contribution in [3.05, 3.63) is 124 Å². The summed E-state index contributed by atoms with van der Waals surface area (Å²) in [5.74, 6) is 0. The van der Waals surface area contributed by atoms with Crippen molar-refractivity contribution in [2.75, 3.05) is 0 Å². The molecular weight excluding hydrogens is 316 g/mol. The van der Waals surface area contributed by atoms with Crippen molar-refractivity contribution >= 4 is 16.7 Å². The largest absolute Gasteiger partial charge is 0.270 e. The van der Waals surface area contributed by atoms with Gasteiger partial charge in [0.25, 0.3) is 5.70 Å². The highest BCUT2D eigenvalue weighted by molar-refractivity contribution is 6.25. The van der Waals surface area contributed by atoms with E-state index in [1.54, 1.807) is 0 Å². The van der Waals surface area contributed by atoms with Crippen LogP contribution in [0.1, 0.15) is 22.3 Å². The second kappa shape index (κ2) is 6.55. The molecule has 0 aromatic heterocycles. The van der Waals surface area contributed by atoms with Crippen LogP contribution in [0.5, 0.6) is 0 Å². The van der Waals surface area contributed by atoms with Gasteiger partial charge in [-0.25, -0.2) is 10.1 Å². The van der Waals surface area contributed by atoms with E-state index < -0.39 is 0 Å². The van der Waals surface area contributed by atoms with Gasteiger partial charge in [0.1, 0.15) is 0 Å². The van der Waals surface area contributed by atoms with Gasteiger partial charge in [0, 0.05) is 5.57 Å². The molecular formula is C24H14N2. The molecule has 3 aromatic rings. The molecule has 0 amide bonds. The molecule has 2 heteroatoms. The summed E-state index contributed by atoms with van der Waals surface area (Å²) in [7, 11) is 0. The third-order valence-corrected chi connectivity index (χ3v) is 4.55. The Morgan fingerprint density at radius 3 is 1.73 bits per heavy atom. The van der Waals surface area contributed by atoms with Crippen molar-refractivity contribution in [3.63, 3.8) is 0 Å². The second-order valence-electron chi connectivity index (χ2n) is 5.97. The van der Waals surface area contributed by atoms with Gasteiger partial charge in [0.15, 0.2) is 0 Å². The van der Waals surface area contributed by atoms with E-state index in [4.69, 9.17) is 6.57 Å². The molecule has 1 aliphatic carbocycles. The number of benzene rings is 3. The molecule has 0 aliphatic heterocycles. The van der Waals surface area contributed by atoms with Crippen molar-refractivity contribution in [2.45, 2.75) is 0 Å². The van der Waals surface area contributed by atoms with Crippen LogP contribution in [-0.2, 0) is 0 Å². The minimum atomic E-state index is 0.127. The molecule has 2 nitrogen and oxygen atoms in total. The molecule has 0 fully saturated rings. The Morgan fingerprint density at radius 1 is 0.692 bits per heavy atom. The SMILES string of the molecule is [C-]#[N+]/C(C#N)=C1/C(c2ccccc2)=C(c2ccccc2)c2ccccc21. The lowest BCUT2D eigenvalue weighted by atomic mass is 9.92. The third kappa shape index (κ3) is 2.42. The average molecular weight is 330 g/mol. The summed E-state index contributed by atoms with van der Waals surface area (Å²) in [6.45, 7) is 7.51. The molecule has 0 bridgehead atoms. The number of fused-ring (bicyclic) bond motifs is 1. The van der Waals surface area contributed by atoms with Crippen molar-refractivity contribution in [3.8, 4) is 6.07 Å². The van der Waals surface area contributed by atoms with Gasteiger partial charge < -0.3 is 0 Å². The molecule has 0 unspecified atom stereocenters. The molecule has 0 spiro atoms. The predicted molar refractivity (Wildman–Crippen MR) is 104 cm³/mol. The van der Waals surface area contributed by atoms with Crippen LogP contribution in [0, 0.1) is 17.9 Å². The van der Waals surface area contributed by atoms with Crippen LogP contribution in [0.25, 0.3) is 21.6 Å². The Balaban J connectivity index is 2.17. The van der Waals surface area contributed by atoms with Gasteiger partial charge in [-0.05, 0) is 33.4 Å². The molecule has 0 atom stereocenters. The molecule has 0 radical (unpaired) electrons. The molecule has 0 N–H and O–H groups in total. The minimum absolute atomic E-state index is 0.127. The molecule has 0 saturated carbocycles. The van der Waals surface area contributed by atoms with Gasteiger partial charge in [-0.3, -0.25) is 0 Å². The van der Waals surface area contributed by atoms with Gasteiger partial charge in [-0.1, -0.05) is 84.9 Å². The van der Waals surface area contributed by atoms with Crippen LogP contribution in [0.15, 0.2) is 90.6 Å². The van der Waals surface area contributed by atoms with Gasteiger partial charge in [-0.2, -0.15) is 0 Å². The lowest BCUT2D eigenvalue weighted by molar-refractivity contribution is 1.49. The van der Waals surface area contributed by atoms with Crippen molar-refractivity contribution < 1.29 is 0 Å². The summed E-state index contributed by atoms with van der Waals surface area (Å²) < 4.78 is 0. The molecule has 0 heterocycles. The highest BCUT2D eigenvalue weighted by Crippen LogP contribution is 2.50. The summed E-state index contributed by atoms with van der Waals surface area (Å²) in [4.78, 5) is 3.53. The zero-order valence-corrected chi connectivity index (χ0v) is 14.0. The standard InChI is InChI=1S/C24H14N2/c1-26-21(16-25)24-20-15-9-8-14-19(20)22(17-10-4-2-5-11-17)23(24)18-12-6-3-7-13-18/h2-15H/b24-21+. The maximum Gasteiger partial charge on any atom is 0.270 e. The first kappa shape index (κ1) is 15.6. The van der Waals surface area contributed by atoms with Gasteiger partial charge in [0.05, 0.1) is 12.6 Å². The zero-order valence-electron chi connectivity index (χ0n) is 14.0. The number of hydrogen-bond acceptors (Lipinski definition) is 1. The lowest BCUT2D eigenvalue weighted by Crippen LogP contribution is -1.90. The number of hydrogen-bond donors (Lipinski definition) is 0. The fraction of sp³-hybridized carbons (Fsp3) is 0. The van der Waals surface area contributed by atoms with Crippen molar-refractivity contribution in [2.24, 2.45) is 0 Å². The van der Waals surface area contributed by atoms with E-state index in [1.807, 2.05) is 66.7 Å². The van der Waals surface area contributed by atoms with E-state index in [9.17, 15) is 5.26 Å². The van der Waals surface area contributed by atoms with E-state index in [0.29, 0.717) is 0 Å². The Morgan fingerprint density at radius 2 is 1.19 bits per heavy atom. The number of allylic oxidation sites excluding steroid dienone is 3. The van der Waals surface area contributed by atoms with E-state index in [-0.39, 0.29) is 5.70 Å². The van der Waals surface area contributed by atoms with Crippen LogP contribution in [-0.4, -0.2) is 0 Å². The van der Waals surface area contributed by atoms with Crippen LogP contribution in [0.2, 0.25) is 0 Å². The molecule has 3 aromatic carbocycles. The zero-order chi connectivity index (χ0) is 17.9. The van der Waals surface area contributed by atoms with E-state index in [0.717, 1.165) is 39.0 Å². The maximum absolute atomic E-state index is 9.59. The number of nitrogens with zero attached hydrogens (tertiary/aromatic N) is 2. The maximum atomic E-state index is 9.59. The molecule has 1 aliphatic rings. The Hall–Kier alpha value is -3.88. The topological polar surface area (TPSA) is 28.1 Å². The third-order valence-electron chi connectivity index (χ3n) is 4.55. The van der Waals surface area contributed by atoms with Gasteiger partial charge in [0.2, 0.25) is 0 Å². The summed E-state index contributed by atoms with van der Waals surface area (Å²) >= 11 is 0. The van der Waals surface area contributed by atoms with Crippen molar-refractivity contribution in [1.82, 2.24) is 0 Å². The fourth-order valence-corrected chi connectivity index (χ4v) is 3.49. The smallest absolute Gasteiger partial charge is 0.226 e. The van der Waals surface area contributed by atoms with Gasteiger partial charge in [-0.15, -0.1) is 0 Å². The Bertz CT molecular complexity index is 1110. The first-order valence-electron chi connectivity index (χ1n) is 8.32. The van der Waals surface area contributed by atoms with E-state index in [2.05, 4.69) is 29.1 Å². The summed E-state index contributed by atoms with van der Waals surface area (Å²) in [6.07, 6.45) is 0. The first-order chi connectivity index (χ1) is 12.8. The molecule has 0 saturated heterocycles. The Kier molecular flexibility index (Phi) is 3.94. The quantitative estimate of drug-likeness (QED) is 0.430. The van der Waals surface area contributed by atoms with Crippen LogP contribution in [0.3, 0.4) is 0 Å². The highest BCUT2D eigenvalue weighted by Gasteiger charge is 2.30. The highest BCUT2D eigenvalue weighted by atomic mass is 14.7. The monoisotopic (exact) mass is 330 g/mol. The number of rotatable bonds is 2. The summed E-state index contributed by atoms with van der Waals surface area (Å²) in [5.41, 5.74) is 6.96. The fourth-order valence-electron chi connectivity index (χ4n) is 3.49. The lowest BCUT2D eigenvalue weighted by Gasteiger charge is -2.11. The van der Waals surface area contributed by atoms with Crippen LogP contribution in [0.4, 0.5) is 0 Å². The Labute approximate surface area is 152 Å². The summed E-state index contributed by atoms with van der Waals surface area (Å²) in [5, 5.41) is 9.59. The second-order valence-corrected chi connectivity index (χ2v) is 5.97. The van der Waals surface area contributed by atoms with Crippen molar-refractivity contribution in [1.29, 1.82) is 5.26 Å². The van der Waals surface area contributed by atoms with E-state index in [1.165, 1.54) is 0 Å². The van der Waals surface area contributed by atoms with E-state index >= 15 is 0 Å². The molecule has 26 heavy (non-hydrogen) atoms. The first-order valence-corrected chi connectivity index (χ1v) is 8.32. The normalized spacial score (nSPS) is 14.4. The summed E-state index contributed by atoms with van der Waals surface area (Å²) in [6, 6.07) is 30.2. The van der Waals surface area contributed by atoms with Crippen LogP contribution >= 0.6 is 0 Å². The molecule has 4 rings (SSSR count). The number of nitriles is 1. The predicted octanol–water partition coefficient (Wildman–Crippen LogP) is 5.81. The average Bonchev–Trinajstić information content (AvgIpc) is 3.06.